The predicted molar refractivity (Wildman–Crippen MR) is 127 cm³/mol. The lowest BCUT2D eigenvalue weighted by Gasteiger charge is -2.15. The van der Waals surface area contributed by atoms with Gasteiger partial charge < -0.3 is 18.9 Å². The Morgan fingerprint density at radius 3 is 2.60 bits per heavy atom. The number of ether oxygens (including phenoxy) is 4. The van der Waals surface area contributed by atoms with Crippen LogP contribution in [0, 0.1) is 11.3 Å². The number of methoxy groups -OCH3 is 2. The minimum atomic E-state index is -0.476. The Morgan fingerprint density at radius 2 is 1.89 bits per heavy atom. The summed E-state index contributed by atoms with van der Waals surface area (Å²) in [6, 6.07) is 14.1. The normalized spacial score (nSPS) is 14.5. The number of fused-ring (bicyclic) bond motifs is 1. The number of aromatic nitrogens is 1. The van der Waals surface area contributed by atoms with Gasteiger partial charge in [-0.2, -0.15) is 5.26 Å². The number of carbonyl (C=O) groups excluding carboxylic acids is 2. The average Bonchev–Trinajstić information content (AvgIpc) is 2.87. The van der Waals surface area contributed by atoms with E-state index in [1.54, 1.807) is 43.5 Å². The highest BCUT2D eigenvalue weighted by Crippen LogP contribution is 2.37. The van der Waals surface area contributed by atoms with Gasteiger partial charge in [0.1, 0.15) is 18.4 Å². The Morgan fingerprint density at radius 1 is 1.09 bits per heavy atom. The highest BCUT2D eigenvalue weighted by atomic mass is 16.5. The van der Waals surface area contributed by atoms with E-state index >= 15 is 0 Å². The molecule has 0 radical (unpaired) electrons. The van der Waals surface area contributed by atoms with Crippen molar-refractivity contribution in [2.24, 2.45) is 4.99 Å². The second-order valence-electron chi connectivity index (χ2n) is 7.44. The number of allylic oxidation sites excluding steroid dienone is 2. The maximum atomic E-state index is 12.8. The summed E-state index contributed by atoms with van der Waals surface area (Å²) < 4.78 is 21.7. The van der Waals surface area contributed by atoms with Gasteiger partial charge in [-0.15, -0.1) is 0 Å². The van der Waals surface area contributed by atoms with Crippen molar-refractivity contribution in [2.45, 2.75) is 6.42 Å². The van der Waals surface area contributed by atoms with Gasteiger partial charge in [-0.1, -0.05) is 18.2 Å². The molecule has 1 heterocycles. The highest BCUT2D eigenvalue weighted by Gasteiger charge is 2.27. The second kappa shape index (κ2) is 10.6. The van der Waals surface area contributed by atoms with E-state index in [1.165, 1.54) is 13.3 Å². The fourth-order valence-corrected chi connectivity index (χ4v) is 3.44. The van der Waals surface area contributed by atoms with Gasteiger partial charge in [0.25, 0.3) is 0 Å². The second-order valence-corrected chi connectivity index (χ2v) is 7.44. The van der Waals surface area contributed by atoms with Gasteiger partial charge in [0, 0.05) is 30.8 Å². The fraction of sp³-hybridized carbons (Fsp3) is 0.192. The summed E-state index contributed by atoms with van der Waals surface area (Å²) in [5, 5.41) is 10.1. The number of ketones is 2. The third-order valence-electron chi connectivity index (χ3n) is 5.16. The molecular weight excluding hydrogens is 450 g/mol. The van der Waals surface area contributed by atoms with Gasteiger partial charge in [0.2, 0.25) is 11.6 Å². The summed E-state index contributed by atoms with van der Waals surface area (Å²) in [6.45, 7) is 0.695. The number of Topliss-reactive ketones (excluding diaryl/α,β-unsaturated/α-hetero) is 1. The number of rotatable bonds is 8. The number of para-hydroxylation sites is 1. The minimum absolute atomic E-state index is 0.00111. The zero-order valence-corrected chi connectivity index (χ0v) is 19.1. The zero-order valence-electron chi connectivity index (χ0n) is 19.1. The van der Waals surface area contributed by atoms with Crippen molar-refractivity contribution >= 4 is 33.9 Å². The van der Waals surface area contributed by atoms with Crippen molar-refractivity contribution < 1.29 is 28.5 Å². The number of pyridine rings is 1. The van der Waals surface area contributed by atoms with Gasteiger partial charge in [0.15, 0.2) is 17.3 Å². The molecule has 9 nitrogen and oxygen atoms in total. The summed E-state index contributed by atoms with van der Waals surface area (Å²) in [5.41, 5.74) is 0.848. The molecule has 0 N–H and O–H groups in total. The topological polar surface area (TPSA) is 120 Å². The van der Waals surface area contributed by atoms with Gasteiger partial charge in [-0.25, -0.2) is 4.99 Å². The summed E-state index contributed by atoms with van der Waals surface area (Å²) in [4.78, 5) is 34.3. The lowest BCUT2D eigenvalue weighted by atomic mass is 10.0. The Kier molecular flexibility index (Phi) is 7.14. The highest BCUT2D eigenvalue weighted by molar-refractivity contribution is 6.50. The van der Waals surface area contributed by atoms with Crippen LogP contribution in [0.2, 0.25) is 0 Å². The van der Waals surface area contributed by atoms with Gasteiger partial charge in [-0.05, 0) is 18.2 Å². The molecule has 176 valence electrons. The van der Waals surface area contributed by atoms with E-state index in [4.69, 9.17) is 18.9 Å². The SMILES string of the molecule is COCCOc1cc2ncc(C#N)c(N=C3CC(=O)C(Oc4ccccc4)=CC3=O)c2cc1OC. The number of aliphatic imine (C=N–C) groups is 1. The molecular formula is C26H21N3O6. The molecule has 0 amide bonds. The van der Waals surface area contributed by atoms with Crippen molar-refractivity contribution in [1.29, 1.82) is 5.26 Å². The molecule has 1 aliphatic rings. The molecule has 0 aliphatic heterocycles. The Labute approximate surface area is 201 Å². The lowest BCUT2D eigenvalue weighted by Crippen LogP contribution is -2.26. The lowest BCUT2D eigenvalue weighted by molar-refractivity contribution is -0.118. The van der Waals surface area contributed by atoms with Crippen LogP contribution in [0.3, 0.4) is 0 Å². The smallest absolute Gasteiger partial charge is 0.204 e. The van der Waals surface area contributed by atoms with Crippen LogP contribution in [-0.4, -0.2) is 49.7 Å². The monoisotopic (exact) mass is 471 g/mol. The molecule has 0 spiro atoms. The molecule has 0 fully saturated rings. The van der Waals surface area contributed by atoms with Crippen LogP contribution < -0.4 is 14.2 Å². The maximum Gasteiger partial charge on any atom is 0.204 e. The summed E-state index contributed by atoms with van der Waals surface area (Å²) in [6.07, 6.45) is 2.22. The summed E-state index contributed by atoms with van der Waals surface area (Å²) in [5.74, 6) is 0.368. The molecule has 3 aromatic rings. The molecule has 4 rings (SSSR count). The number of hydrogen-bond acceptors (Lipinski definition) is 9. The molecule has 0 unspecified atom stereocenters. The Balaban J connectivity index is 1.73. The van der Waals surface area contributed by atoms with Crippen molar-refractivity contribution in [3.63, 3.8) is 0 Å². The Bertz CT molecular complexity index is 1390. The van der Waals surface area contributed by atoms with Crippen LogP contribution in [0.5, 0.6) is 17.2 Å². The van der Waals surface area contributed by atoms with Crippen LogP contribution >= 0.6 is 0 Å². The first kappa shape index (κ1) is 23.6. The molecule has 1 aromatic heterocycles. The van der Waals surface area contributed by atoms with Gasteiger partial charge >= 0.3 is 0 Å². The van der Waals surface area contributed by atoms with Crippen molar-refractivity contribution in [3.05, 3.63) is 66.1 Å². The molecule has 35 heavy (non-hydrogen) atoms. The number of nitrogens with zero attached hydrogens (tertiary/aromatic N) is 3. The molecule has 0 bridgehead atoms. The summed E-state index contributed by atoms with van der Waals surface area (Å²) >= 11 is 0. The standard InChI is InChI=1S/C26H21N3O6/c1-32-8-9-34-25-12-19-18(10-24(25)33-2)26(16(14-27)15-28-19)29-20-11-22(31)23(13-21(20)30)35-17-6-4-3-5-7-17/h3-7,10,12-13,15H,8-9,11H2,1-2H3. The average molecular weight is 471 g/mol. The first-order chi connectivity index (χ1) is 17.0. The molecule has 9 heteroatoms. The van der Waals surface area contributed by atoms with E-state index in [2.05, 4.69) is 9.98 Å². The molecule has 1 aliphatic carbocycles. The summed E-state index contributed by atoms with van der Waals surface area (Å²) in [7, 11) is 3.06. The first-order valence-electron chi connectivity index (χ1n) is 10.7. The van der Waals surface area contributed by atoms with E-state index in [0.29, 0.717) is 41.4 Å². The maximum absolute atomic E-state index is 12.8. The van der Waals surface area contributed by atoms with E-state index in [0.717, 1.165) is 6.08 Å². The van der Waals surface area contributed by atoms with Gasteiger partial charge in [0.05, 0.1) is 42.6 Å². The van der Waals surface area contributed by atoms with Crippen molar-refractivity contribution in [3.8, 4) is 23.3 Å². The van der Waals surface area contributed by atoms with Crippen LogP contribution in [-0.2, 0) is 14.3 Å². The zero-order chi connectivity index (χ0) is 24.8. The van der Waals surface area contributed by atoms with E-state index in [-0.39, 0.29) is 29.1 Å². The number of carbonyl (C=O) groups is 2. The molecule has 2 aromatic carbocycles. The van der Waals surface area contributed by atoms with E-state index < -0.39 is 11.6 Å². The number of nitriles is 1. The predicted octanol–water partition coefficient (Wildman–Crippen LogP) is 3.72. The molecule has 0 atom stereocenters. The fourth-order valence-electron chi connectivity index (χ4n) is 3.44. The van der Waals surface area contributed by atoms with Crippen LogP contribution in [0.25, 0.3) is 10.9 Å². The number of hydrogen-bond donors (Lipinski definition) is 0. The van der Waals surface area contributed by atoms with Crippen molar-refractivity contribution in [2.75, 3.05) is 27.4 Å². The molecule has 0 saturated heterocycles. The van der Waals surface area contributed by atoms with E-state index in [1.807, 2.05) is 12.1 Å². The van der Waals surface area contributed by atoms with Crippen LogP contribution in [0.15, 0.2) is 65.5 Å². The largest absolute Gasteiger partial charge is 0.493 e. The van der Waals surface area contributed by atoms with Gasteiger partial charge in [-0.3, -0.25) is 14.6 Å². The van der Waals surface area contributed by atoms with E-state index in [9.17, 15) is 14.9 Å². The third kappa shape index (κ3) is 5.18. The van der Waals surface area contributed by atoms with Crippen molar-refractivity contribution in [1.82, 2.24) is 4.98 Å². The third-order valence-corrected chi connectivity index (χ3v) is 5.16. The minimum Gasteiger partial charge on any atom is -0.493 e. The van der Waals surface area contributed by atoms with Crippen LogP contribution in [0.4, 0.5) is 5.69 Å². The quantitative estimate of drug-likeness (QED) is 0.456. The number of benzene rings is 2. The molecule has 0 saturated carbocycles. The first-order valence-corrected chi connectivity index (χ1v) is 10.7. The Hall–Kier alpha value is -4.55. The van der Waals surface area contributed by atoms with Crippen LogP contribution in [0.1, 0.15) is 12.0 Å².